The number of aromatic nitrogens is 6. The van der Waals surface area contributed by atoms with E-state index in [1.165, 1.54) is 196 Å². The summed E-state index contributed by atoms with van der Waals surface area (Å²) in [5.41, 5.74) is 42.7. The van der Waals surface area contributed by atoms with Gasteiger partial charge in [0, 0.05) is 108 Å². The first-order valence-electron chi connectivity index (χ1n) is 46.4. The number of rotatable bonds is 25. The van der Waals surface area contributed by atoms with Gasteiger partial charge in [0.2, 0.25) is 0 Å². The second kappa shape index (κ2) is 44.9. The Morgan fingerprint density at radius 3 is 1.22 bits per heavy atom. The molecule has 0 fully saturated rings. The van der Waals surface area contributed by atoms with E-state index >= 15 is 0 Å². The van der Waals surface area contributed by atoms with Crippen molar-refractivity contribution in [3.63, 3.8) is 0 Å². The average molecular weight is 2240 g/mol. The van der Waals surface area contributed by atoms with Crippen LogP contribution in [0.1, 0.15) is 255 Å². The Bertz CT molecular complexity index is 6080. The Balaban J connectivity index is 0.000000212. The van der Waals surface area contributed by atoms with Crippen LogP contribution in [0.4, 0.5) is 0 Å². The molecule has 0 aliphatic rings. The van der Waals surface area contributed by atoms with Gasteiger partial charge in [0.15, 0.2) is 0 Å². The Morgan fingerprint density at radius 1 is 0.318 bits per heavy atom. The number of hydrogen-bond acceptors (Lipinski definition) is 3. The van der Waals surface area contributed by atoms with E-state index in [2.05, 4.69) is 441 Å². The molecule has 0 atom stereocenters. The molecule has 3 heterocycles. The van der Waals surface area contributed by atoms with Gasteiger partial charge in [-0.05, 0) is 259 Å². The summed E-state index contributed by atoms with van der Waals surface area (Å²) in [7, 11) is 2.06. The zero-order valence-corrected chi connectivity index (χ0v) is 88.3. The molecule has 0 aliphatic carbocycles. The molecule has 9 heteroatoms. The van der Waals surface area contributed by atoms with Gasteiger partial charge < -0.3 is 13.7 Å². The van der Waals surface area contributed by atoms with Crippen molar-refractivity contribution in [3.05, 3.63) is 350 Å². The molecular formula is C120H135Ir3N6-3. The Hall–Kier alpha value is -9.78. The molecule has 0 spiro atoms. The van der Waals surface area contributed by atoms with Crippen molar-refractivity contribution in [1.29, 1.82) is 0 Å². The summed E-state index contributed by atoms with van der Waals surface area (Å²) >= 11 is 0. The summed E-state index contributed by atoms with van der Waals surface area (Å²) < 4.78 is 6.72. The van der Waals surface area contributed by atoms with E-state index in [4.69, 9.17) is 15.0 Å². The van der Waals surface area contributed by atoms with Gasteiger partial charge in [0.25, 0.3) is 0 Å². The standard InChI is InChI=1S/C55H59N2.C40H45N2.C25H31N2.3Ir/c1-10-11-12-14-18-40-31-38(2)52(39(3)32-40)57-37-51(56-53(57)43-19-15-13-16-20-43)45-22-17-21-44(33-45)48-35-46(41-23-27-49(28-24-41)54(4,5)6)34-47(36-48)42-25-29-50(30-26-42)55(7,8)9;1-9-10-11-12-14-33-22-31(7)39(32(8)23-33)42-25-37(36-20-26(2)17-27(3)21-36)41-40(42)35-16-13-15-34(24-35)38-29(5)18-28(4)19-30(38)6;1-16(2)19-8-10-20(11-9-19)25-26-24(15-27(25)7)23-13-21(17(3)4)12-22(14-23)18(5)6;;;/h13,15-17,19-21,23-37H,10-12,14,18H2,1-9H3;13,15,17-25H,9-12,14H2,1-8H3;8-10,12-18H,1-7H3;;;/q3*-1;;;. The van der Waals surface area contributed by atoms with Crippen LogP contribution in [-0.4, -0.2) is 28.7 Å². The zero-order valence-electron chi connectivity index (χ0n) is 81.1. The maximum atomic E-state index is 5.35. The molecule has 6 nitrogen and oxygen atoms in total. The van der Waals surface area contributed by atoms with Crippen LogP contribution in [0.15, 0.2) is 243 Å². The third-order valence-electron chi connectivity index (χ3n) is 24.9. The minimum atomic E-state index is 0. The third kappa shape index (κ3) is 25.1. The van der Waals surface area contributed by atoms with E-state index in [1.54, 1.807) is 0 Å². The predicted octanol–water partition coefficient (Wildman–Crippen LogP) is 33.2. The molecule has 0 amide bonds. The SMILES string of the molecule is CC(C)c1c[c-]c(-c2nc(-c3cc(C(C)C)cc(C(C)C)c3)cn2C)cc1.CCCCCCc1cc(C)c(-n2cc(-c3[c-]ccc(-c4cc(-c5ccc(C(C)(C)C)cc5)cc(-c5ccc(C(C)(C)C)cc5)c4)c3)nc2-c2ccccc2)c(C)c1.CCCCCCc1cc(C)c(-n2cc(-c3cc(C)cc(C)c3)nc2-c2[c-]ccc(-c3c(C)cc(C)cc3C)c2)c(C)c1.[Ir].[Ir].[Ir]. The quantitative estimate of drug-likeness (QED) is 0.0423. The summed E-state index contributed by atoms with van der Waals surface area (Å²) in [5, 5.41) is 0. The minimum absolute atomic E-state index is 0. The van der Waals surface area contributed by atoms with Crippen molar-refractivity contribution in [1.82, 2.24) is 28.7 Å². The predicted molar refractivity (Wildman–Crippen MR) is 539 cm³/mol. The number of benzene rings is 12. The van der Waals surface area contributed by atoms with E-state index in [-0.39, 0.29) is 71.1 Å². The van der Waals surface area contributed by atoms with Crippen molar-refractivity contribution >= 4 is 0 Å². The Kier molecular flexibility index (Phi) is 35.3. The van der Waals surface area contributed by atoms with Crippen molar-refractivity contribution in [2.75, 3.05) is 0 Å². The van der Waals surface area contributed by atoms with E-state index < -0.39 is 0 Å². The molecule has 15 rings (SSSR count). The summed E-state index contributed by atoms with van der Waals surface area (Å²) in [6.07, 6.45) is 19.0. The van der Waals surface area contributed by atoms with Gasteiger partial charge in [-0.1, -0.05) is 285 Å². The van der Waals surface area contributed by atoms with Gasteiger partial charge in [-0.3, -0.25) is 15.0 Å². The van der Waals surface area contributed by atoms with Crippen LogP contribution in [-0.2, 0) is 91.0 Å². The first kappa shape index (κ1) is 101. The molecule has 129 heavy (non-hydrogen) atoms. The van der Waals surface area contributed by atoms with Crippen LogP contribution >= 0.6 is 0 Å². The molecule has 0 bridgehead atoms. The topological polar surface area (TPSA) is 53.5 Å². The molecule has 675 valence electrons. The van der Waals surface area contributed by atoms with E-state index in [0.29, 0.717) is 17.8 Å². The second-order valence-electron chi connectivity index (χ2n) is 38.8. The fraction of sp³-hybridized carbons (Fsp3) is 0.325. The maximum absolute atomic E-state index is 5.35. The Morgan fingerprint density at radius 2 is 0.744 bits per heavy atom. The molecule has 3 aromatic heterocycles. The summed E-state index contributed by atoms with van der Waals surface area (Å²) in [5.74, 6) is 4.34. The van der Waals surface area contributed by atoms with E-state index in [9.17, 15) is 0 Å². The average Bonchev–Trinajstić information content (AvgIpc) is 1.36. The molecule has 0 unspecified atom stereocenters. The molecule has 15 aromatic rings. The fourth-order valence-corrected chi connectivity index (χ4v) is 18.0. The fourth-order valence-electron chi connectivity index (χ4n) is 18.0. The molecule has 0 saturated carbocycles. The van der Waals surface area contributed by atoms with E-state index in [0.717, 1.165) is 80.8 Å². The van der Waals surface area contributed by atoms with Crippen molar-refractivity contribution in [3.8, 4) is 124 Å². The number of imidazole rings is 3. The summed E-state index contributed by atoms with van der Waals surface area (Å²) in [6.45, 7) is 51.5. The van der Waals surface area contributed by atoms with Gasteiger partial charge in [-0.25, -0.2) is 0 Å². The monoisotopic (exact) mass is 2240 g/mol. The van der Waals surface area contributed by atoms with Gasteiger partial charge in [0.1, 0.15) is 5.82 Å². The van der Waals surface area contributed by atoms with Crippen molar-refractivity contribution in [2.45, 2.75) is 252 Å². The number of nitrogens with zero attached hydrogens (tertiary/aromatic N) is 6. The number of hydrogen-bond donors (Lipinski definition) is 0. The van der Waals surface area contributed by atoms with Crippen LogP contribution in [0, 0.1) is 80.5 Å². The van der Waals surface area contributed by atoms with Crippen LogP contribution in [0.5, 0.6) is 0 Å². The first-order valence-corrected chi connectivity index (χ1v) is 46.4. The molecule has 0 saturated heterocycles. The molecule has 12 aromatic carbocycles. The van der Waals surface area contributed by atoms with Crippen LogP contribution in [0.25, 0.3) is 124 Å². The van der Waals surface area contributed by atoms with Crippen molar-refractivity contribution in [2.24, 2.45) is 7.05 Å². The van der Waals surface area contributed by atoms with Crippen molar-refractivity contribution < 1.29 is 60.3 Å². The largest absolute Gasteiger partial charge is 0.373 e. The number of aryl methyl sites for hydroxylation is 12. The molecule has 0 N–H and O–H groups in total. The summed E-state index contributed by atoms with van der Waals surface area (Å²) in [6, 6.07) is 93.4. The van der Waals surface area contributed by atoms with Gasteiger partial charge in [-0.15, -0.1) is 106 Å². The summed E-state index contributed by atoms with van der Waals surface area (Å²) in [4.78, 5) is 15.6. The first-order chi connectivity index (χ1) is 60.2. The third-order valence-corrected chi connectivity index (χ3v) is 24.9. The minimum Gasteiger partial charge on any atom is -0.373 e. The molecular weight excluding hydrogens is 2100 g/mol. The van der Waals surface area contributed by atoms with Crippen LogP contribution in [0.2, 0.25) is 0 Å². The van der Waals surface area contributed by atoms with Crippen LogP contribution < -0.4 is 0 Å². The van der Waals surface area contributed by atoms with Gasteiger partial charge >= 0.3 is 0 Å². The second-order valence-corrected chi connectivity index (χ2v) is 38.8. The maximum Gasteiger partial charge on any atom is 0.134 e. The Labute approximate surface area is 815 Å². The van der Waals surface area contributed by atoms with E-state index in [1.807, 2.05) is 0 Å². The molecule has 3 radical (unpaired) electrons. The molecule has 0 aliphatic heterocycles. The zero-order chi connectivity index (χ0) is 90.0. The smallest absolute Gasteiger partial charge is 0.134 e. The van der Waals surface area contributed by atoms with Gasteiger partial charge in [-0.2, -0.15) is 0 Å². The number of unbranched alkanes of at least 4 members (excludes halogenated alkanes) is 6. The normalized spacial score (nSPS) is 11.4. The van der Waals surface area contributed by atoms with Crippen LogP contribution in [0.3, 0.4) is 0 Å². The van der Waals surface area contributed by atoms with Gasteiger partial charge in [0.05, 0.1) is 28.7 Å².